The number of hydrogen-bond acceptors (Lipinski definition) is 5. The minimum Gasteiger partial charge on any atom is -0.497 e. The van der Waals surface area contributed by atoms with Crippen LogP contribution in [0, 0.1) is 0 Å². The number of hydrogen-bond donors (Lipinski definition) is 1. The van der Waals surface area contributed by atoms with Crippen LogP contribution in [0.15, 0.2) is 34.3 Å². The van der Waals surface area contributed by atoms with Gasteiger partial charge in [0.25, 0.3) is 0 Å². The predicted molar refractivity (Wildman–Crippen MR) is 82.5 cm³/mol. The zero-order valence-corrected chi connectivity index (χ0v) is 12.4. The van der Waals surface area contributed by atoms with Crippen LogP contribution >= 0.6 is 0 Å². The van der Waals surface area contributed by atoms with Gasteiger partial charge in [-0.15, -0.1) is 0 Å². The van der Waals surface area contributed by atoms with Crippen LogP contribution in [-0.2, 0) is 9.53 Å². The van der Waals surface area contributed by atoms with Crippen molar-refractivity contribution in [3.05, 3.63) is 24.3 Å². The molecule has 0 saturated heterocycles. The highest BCUT2D eigenvalue weighted by molar-refractivity contribution is 6.13. The third-order valence-corrected chi connectivity index (χ3v) is 3.84. The summed E-state index contributed by atoms with van der Waals surface area (Å²) in [4.78, 5) is 20.0. The molecule has 0 spiro atoms. The molecule has 2 atom stereocenters. The van der Waals surface area contributed by atoms with E-state index in [1.807, 2.05) is 24.3 Å². The molecule has 0 bridgehead atoms. The number of ether oxygens (including phenoxy) is 2. The highest BCUT2D eigenvalue weighted by Crippen LogP contribution is 2.25. The van der Waals surface area contributed by atoms with E-state index in [0.717, 1.165) is 42.1 Å². The first-order valence-electron chi connectivity index (χ1n) is 7.30. The molecule has 22 heavy (non-hydrogen) atoms. The van der Waals surface area contributed by atoms with E-state index in [4.69, 9.17) is 14.6 Å². The fourth-order valence-corrected chi connectivity index (χ4v) is 2.72. The van der Waals surface area contributed by atoms with E-state index in [1.165, 1.54) is 0 Å². The molecule has 1 heterocycles. The Bertz CT molecular complexity index is 622. The number of nitrogens with zero attached hydrogens (tertiary/aromatic N) is 2. The first-order valence-corrected chi connectivity index (χ1v) is 7.30. The monoisotopic (exact) mass is 302 g/mol. The number of carboxylic acids is 1. The van der Waals surface area contributed by atoms with Crippen molar-refractivity contribution in [3.8, 4) is 5.75 Å². The van der Waals surface area contributed by atoms with Gasteiger partial charge < -0.3 is 14.6 Å². The van der Waals surface area contributed by atoms with Gasteiger partial charge in [0.05, 0.1) is 25.1 Å². The van der Waals surface area contributed by atoms with Gasteiger partial charge in [0.2, 0.25) is 0 Å². The molecule has 6 heteroatoms. The van der Waals surface area contributed by atoms with Crippen molar-refractivity contribution >= 4 is 23.1 Å². The molecule has 1 fully saturated rings. The minimum atomic E-state index is -0.940. The summed E-state index contributed by atoms with van der Waals surface area (Å²) in [5, 5.41) is 9.05. The van der Waals surface area contributed by atoms with Crippen LogP contribution in [0.3, 0.4) is 0 Å². The van der Waals surface area contributed by atoms with Gasteiger partial charge >= 0.3 is 5.97 Å². The summed E-state index contributed by atoms with van der Waals surface area (Å²) in [5.41, 5.74) is 2.55. The highest BCUT2D eigenvalue weighted by Gasteiger charge is 2.34. The lowest BCUT2D eigenvalue weighted by molar-refractivity contribution is -0.140. The Morgan fingerprint density at radius 3 is 2.82 bits per heavy atom. The maximum Gasteiger partial charge on any atom is 0.330 e. The normalized spacial score (nSPS) is 26.2. The summed E-state index contributed by atoms with van der Waals surface area (Å²) >= 11 is 0. The van der Waals surface area contributed by atoms with Crippen molar-refractivity contribution in [2.45, 2.75) is 31.4 Å². The van der Waals surface area contributed by atoms with Crippen molar-refractivity contribution in [2.24, 2.45) is 9.98 Å². The average Bonchev–Trinajstić information content (AvgIpc) is 2.55. The van der Waals surface area contributed by atoms with Gasteiger partial charge in [0.1, 0.15) is 11.9 Å². The second-order valence-electron chi connectivity index (χ2n) is 5.34. The maximum atomic E-state index is 11.0. The molecule has 3 rings (SSSR count). The van der Waals surface area contributed by atoms with Gasteiger partial charge in [-0.25, -0.2) is 4.79 Å². The van der Waals surface area contributed by atoms with E-state index < -0.39 is 12.0 Å². The highest BCUT2D eigenvalue weighted by atomic mass is 16.5. The van der Waals surface area contributed by atoms with Crippen LogP contribution < -0.4 is 4.74 Å². The number of rotatable bonds is 3. The van der Waals surface area contributed by atoms with Gasteiger partial charge in [0.15, 0.2) is 6.04 Å². The smallest absolute Gasteiger partial charge is 0.330 e. The van der Waals surface area contributed by atoms with Crippen molar-refractivity contribution in [2.75, 3.05) is 13.7 Å². The van der Waals surface area contributed by atoms with Gasteiger partial charge in [-0.3, -0.25) is 9.98 Å². The Hall–Kier alpha value is -2.21. The van der Waals surface area contributed by atoms with Crippen molar-refractivity contribution in [1.29, 1.82) is 0 Å². The molecular formula is C16H18N2O4. The van der Waals surface area contributed by atoms with E-state index in [2.05, 4.69) is 9.98 Å². The largest absolute Gasteiger partial charge is 0.497 e. The van der Waals surface area contributed by atoms with Crippen molar-refractivity contribution in [1.82, 2.24) is 0 Å². The van der Waals surface area contributed by atoms with Gasteiger partial charge in [0, 0.05) is 5.71 Å². The Morgan fingerprint density at radius 2 is 2.14 bits per heavy atom. The van der Waals surface area contributed by atoms with Crippen molar-refractivity contribution < 1.29 is 19.4 Å². The molecule has 0 radical (unpaired) electrons. The zero-order valence-electron chi connectivity index (χ0n) is 12.4. The van der Waals surface area contributed by atoms with Gasteiger partial charge in [-0.1, -0.05) is 0 Å². The molecule has 6 nitrogen and oxygen atoms in total. The molecule has 116 valence electrons. The van der Waals surface area contributed by atoms with Crippen LogP contribution in [0.1, 0.15) is 19.3 Å². The zero-order chi connectivity index (χ0) is 15.5. The molecule has 0 amide bonds. The predicted octanol–water partition coefficient (Wildman–Crippen LogP) is 2.24. The second kappa shape index (κ2) is 6.27. The lowest BCUT2D eigenvalue weighted by Gasteiger charge is -2.31. The number of aliphatic carboxylic acids is 1. The summed E-state index contributed by atoms with van der Waals surface area (Å²) in [6.45, 7) is 0.102. The number of benzene rings is 1. The van der Waals surface area contributed by atoms with E-state index in [9.17, 15) is 4.79 Å². The molecule has 1 N–H and O–H groups in total. The number of fused-ring (bicyclic) bond motifs is 1. The van der Waals surface area contributed by atoms with E-state index in [0.29, 0.717) is 0 Å². The SMILES string of the molecule is COc1ccc(N=C2CCCC3=NC(C(=O)O)COC23)cc1. The molecular weight excluding hydrogens is 284 g/mol. The van der Waals surface area contributed by atoms with E-state index in [-0.39, 0.29) is 12.7 Å². The molecule has 1 aliphatic carbocycles. The molecule has 2 aliphatic rings. The third-order valence-electron chi connectivity index (χ3n) is 3.84. The fraction of sp³-hybridized carbons (Fsp3) is 0.438. The topological polar surface area (TPSA) is 80.5 Å². The Labute approximate surface area is 128 Å². The molecule has 1 saturated carbocycles. The number of methoxy groups -OCH3 is 1. The summed E-state index contributed by atoms with van der Waals surface area (Å²) in [6.07, 6.45) is 2.26. The first kappa shape index (κ1) is 14.7. The number of carboxylic acid groups (broad SMARTS) is 1. The quantitative estimate of drug-likeness (QED) is 0.928. The number of aliphatic imine (C=N–C) groups is 2. The van der Waals surface area contributed by atoms with Gasteiger partial charge in [-0.05, 0) is 43.5 Å². The maximum absolute atomic E-state index is 11.0. The molecule has 2 unspecified atom stereocenters. The first-order chi connectivity index (χ1) is 10.7. The minimum absolute atomic E-state index is 0.102. The summed E-state index contributed by atoms with van der Waals surface area (Å²) in [7, 11) is 1.62. The standard InChI is InChI=1S/C16H18N2O4/c1-21-11-7-5-10(6-8-11)17-12-3-2-4-13-15(12)22-9-14(18-13)16(19)20/h5-8,14-15H,2-4,9H2,1H3,(H,19,20). The fourth-order valence-electron chi connectivity index (χ4n) is 2.72. The van der Waals surface area contributed by atoms with Crippen molar-refractivity contribution in [3.63, 3.8) is 0 Å². The van der Waals surface area contributed by atoms with Gasteiger partial charge in [-0.2, -0.15) is 0 Å². The van der Waals surface area contributed by atoms with Crippen LogP contribution in [0.25, 0.3) is 0 Å². The Kier molecular flexibility index (Phi) is 4.20. The lowest BCUT2D eigenvalue weighted by atomic mass is 9.92. The summed E-state index contributed by atoms with van der Waals surface area (Å²) < 4.78 is 10.8. The number of carbonyl (C=O) groups is 1. The van der Waals surface area contributed by atoms with Crippen LogP contribution in [0.4, 0.5) is 5.69 Å². The van der Waals surface area contributed by atoms with Crippen LogP contribution in [0.5, 0.6) is 5.75 Å². The second-order valence-corrected chi connectivity index (χ2v) is 5.34. The summed E-state index contributed by atoms with van der Waals surface area (Å²) in [5.74, 6) is -0.154. The molecule has 1 aromatic rings. The average molecular weight is 302 g/mol. The van der Waals surface area contributed by atoms with E-state index in [1.54, 1.807) is 7.11 Å². The Morgan fingerprint density at radius 1 is 1.36 bits per heavy atom. The van der Waals surface area contributed by atoms with Crippen LogP contribution in [0.2, 0.25) is 0 Å². The molecule has 1 aliphatic heterocycles. The Balaban J connectivity index is 1.83. The summed E-state index contributed by atoms with van der Waals surface area (Å²) in [6, 6.07) is 6.71. The third kappa shape index (κ3) is 3.01. The van der Waals surface area contributed by atoms with Crippen LogP contribution in [-0.4, -0.2) is 48.4 Å². The lowest BCUT2D eigenvalue weighted by Crippen LogP contribution is -2.44. The van der Waals surface area contributed by atoms with E-state index >= 15 is 0 Å². The molecule has 0 aromatic heterocycles. The molecule has 1 aromatic carbocycles.